The topological polar surface area (TPSA) is 119 Å². The second-order valence-corrected chi connectivity index (χ2v) is 10.4. The number of nitro benzene ring substituents is 1. The van der Waals surface area contributed by atoms with Crippen LogP contribution in [0.4, 0.5) is 17.1 Å². The van der Waals surface area contributed by atoms with Crippen molar-refractivity contribution in [2.45, 2.75) is 11.8 Å². The Hall–Kier alpha value is -4.15. The molecule has 0 heterocycles. The minimum atomic E-state index is -4.47. The number of carbonyl (C=O) groups is 1. The zero-order valence-corrected chi connectivity index (χ0v) is 21.4. The molecule has 4 rings (SSSR count). The first-order chi connectivity index (χ1) is 17.6. The Morgan fingerprint density at radius 1 is 1.03 bits per heavy atom. The van der Waals surface area contributed by atoms with E-state index < -0.39 is 27.4 Å². The molecule has 0 aromatic heterocycles. The number of methoxy groups -OCH3 is 1. The van der Waals surface area contributed by atoms with E-state index >= 15 is 0 Å². The van der Waals surface area contributed by atoms with Crippen LogP contribution in [0.15, 0.2) is 83.8 Å². The minimum Gasteiger partial charge on any atom is -0.495 e. The average Bonchev–Trinajstić information content (AvgIpc) is 2.87. The highest BCUT2D eigenvalue weighted by Crippen LogP contribution is 2.36. The molecule has 0 bridgehead atoms. The summed E-state index contributed by atoms with van der Waals surface area (Å²) in [6.07, 6.45) is 0. The van der Waals surface area contributed by atoms with E-state index in [1.165, 1.54) is 44.4 Å². The highest BCUT2D eigenvalue weighted by atomic mass is 35.5. The summed E-state index contributed by atoms with van der Waals surface area (Å²) >= 11 is 6.16. The van der Waals surface area contributed by atoms with Crippen LogP contribution in [0.5, 0.6) is 5.75 Å². The summed E-state index contributed by atoms with van der Waals surface area (Å²) in [6, 6.07) is 20.8. The van der Waals surface area contributed by atoms with Gasteiger partial charge in [0, 0.05) is 22.3 Å². The van der Waals surface area contributed by atoms with Crippen molar-refractivity contribution in [2.75, 3.05) is 23.3 Å². The molecule has 0 fully saturated rings. The van der Waals surface area contributed by atoms with Gasteiger partial charge in [0.1, 0.15) is 12.3 Å². The van der Waals surface area contributed by atoms with Gasteiger partial charge in [-0.2, -0.15) is 0 Å². The molecule has 0 saturated carbocycles. The monoisotopic (exact) mass is 539 g/mol. The van der Waals surface area contributed by atoms with Gasteiger partial charge in [-0.05, 0) is 54.1 Å². The zero-order valence-electron chi connectivity index (χ0n) is 19.8. The van der Waals surface area contributed by atoms with Crippen LogP contribution < -0.4 is 14.4 Å². The van der Waals surface area contributed by atoms with Gasteiger partial charge in [-0.25, -0.2) is 8.42 Å². The maximum Gasteiger partial charge on any atom is 0.273 e. The predicted octanol–water partition coefficient (Wildman–Crippen LogP) is 5.55. The lowest BCUT2D eigenvalue weighted by Gasteiger charge is -2.26. The number of amides is 1. The number of nitrogens with zero attached hydrogens (tertiary/aromatic N) is 2. The Morgan fingerprint density at radius 3 is 2.46 bits per heavy atom. The Kier molecular flexibility index (Phi) is 7.33. The summed E-state index contributed by atoms with van der Waals surface area (Å²) in [5.41, 5.74) is 0.418. The molecule has 0 saturated heterocycles. The maximum atomic E-state index is 13.8. The van der Waals surface area contributed by atoms with Crippen LogP contribution in [0.3, 0.4) is 0 Å². The molecule has 190 valence electrons. The van der Waals surface area contributed by atoms with Gasteiger partial charge in [0.05, 0.1) is 22.6 Å². The Bertz CT molecular complexity index is 1620. The van der Waals surface area contributed by atoms with Crippen molar-refractivity contribution < 1.29 is 22.9 Å². The van der Waals surface area contributed by atoms with Crippen molar-refractivity contribution in [3.05, 3.63) is 99.6 Å². The molecule has 0 aliphatic heterocycles. The molecule has 0 radical (unpaired) electrons. The molecule has 0 aliphatic carbocycles. The van der Waals surface area contributed by atoms with Crippen LogP contribution in [-0.4, -0.2) is 32.9 Å². The third-order valence-corrected chi connectivity index (χ3v) is 7.69. The fourth-order valence-corrected chi connectivity index (χ4v) is 5.44. The van der Waals surface area contributed by atoms with Crippen LogP contribution in [0.1, 0.15) is 5.56 Å². The lowest BCUT2D eigenvalue weighted by atomic mass is 10.1. The number of halogens is 1. The SMILES string of the molecule is COc1ccc(Cl)cc1N(CC(=O)Nc1ccc2ccccc2c1)S(=O)(=O)c1ccc(C)c([N+](=O)[O-])c1. The molecule has 37 heavy (non-hydrogen) atoms. The highest BCUT2D eigenvalue weighted by Gasteiger charge is 2.31. The van der Waals surface area contributed by atoms with Crippen LogP contribution in [0, 0.1) is 17.0 Å². The van der Waals surface area contributed by atoms with E-state index in [4.69, 9.17) is 16.3 Å². The molecular weight excluding hydrogens is 518 g/mol. The largest absolute Gasteiger partial charge is 0.495 e. The van der Waals surface area contributed by atoms with Crippen molar-refractivity contribution in [3.8, 4) is 5.75 Å². The third-order valence-electron chi connectivity index (χ3n) is 5.70. The fourth-order valence-electron chi connectivity index (χ4n) is 3.83. The molecule has 0 spiro atoms. The Morgan fingerprint density at radius 2 is 1.76 bits per heavy atom. The normalized spacial score (nSPS) is 11.2. The number of fused-ring (bicyclic) bond motifs is 1. The van der Waals surface area contributed by atoms with E-state index in [0.717, 1.165) is 21.1 Å². The lowest BCUT2D eigenvalue weighted by Crippen LogP contribution is -2.38. The van der Waals surface area contributed by atoms with Crippen molar-refractivity contribution in [2.24, 2.45) is 0 Å². The number of aryl methyl sites for hydroxylation is 1. The number of sulfonamides is 1. The number of hydrogen-bond donors (Lipinski definition) is 1. The van der Waals surface area contributed by atoms with E-state index in [9.17, 15) is 23.3 Å². The number of anilines is 2. The Balaban J connectivity index is 1.75. The number of carbonyl (C=O) groups excluding carboxylic acids is 1. The quantitative estimate of drug-likeness (QED) is 0.231. The molecule has 1 amide bonds. The second-order valence-electron chi connectivity index (χ2n) is 8.14. The highest BCUT2D eigenvalue weighted by molar-refractivity contribution is 7.92. The van der Waals surface area contributed by atoms with Crippen molar-refractivity contribution >= 4 is 55.4 Å². The third kappa shape index (κ3) is 5.50. The van der Waals surface area contributed by atoms with Crippen molar-refractivity contribution in [1.82, 2.24) is 0 Å². The van der Waals surface area contributed by atoms with E-state index in [1.54, 1.807) is 12.1 Å². The molecule has 0 aliphatic rings. The predicted molar refractivity (Wildman–Crippen MR) is 143 cm³/mol. The lowest BCUT2D eigenvalue weighted by molar-refractivity contribution is -0.385. The number of rotatable bonds is 8. The summed E-state index contributed by atoms with van der Waals surface area (Å²) in [7, 11) is -3.12. The number of nitrogens with one attached hydrogen (secondary N) is 1. The van der Waals surface area contributed by atoms with Gasteiger partial charge in [0.15, 0.2) is 0 Å². The van der Waals surface area contributed by atoms with Gasteiger partial charge < -0.3 is 10.1 Å². The van der Waals surface area contributed by atoms with E-state index in [0.29, 0.717) is 11.3 Å². The first kappa shape index (κ1) is 25.9. The first-order valence-electron chi connectivity index (χ1n) is 11.0. The standard InChI is InChI=1S/C26H22ClN3O6S/c1-17-7-11-22(15-23(17)30(32)33)37(34,35)29(24-14-20(27)9-12-25(24)36-2)16-26(31)28-21-10-8-18-5-3-4-6-19(18)13-21/h3-15H,16H2,1-2H3,(H,28,31). The molecule has 9 nitrogen and oxygen atoms in total. The van der Waals surface area contributed by atoms with Gasteiger partial charge in [0.2, 0.25) is 5.91 Å². The van der Waals surface area contributed by atoms with Gasteiger partial charge in [-0.15, -0.1) is 0 Å². The molecular formula is C26H22ClN3O6S. The van der Waals surface area contributed by atoms with Gasteiger partial charge in [-0.3, -0.25) is 19.2 Å². The van der Waals surface area contributed by atoms with E-state index in [1.807, 2.05) is 30.3 Å². The van der Waals surface area contributed by atoms with Crippen molar-refractivity contribution in [1.29, 1.82) is 0 Å². The molecule has 0 unspecified atom stereocenters. The first-order valence-corrected chi connectivity index (χ1v) is 12.8. The maximum absolute atomic E-state index is 13.8. The van der Waals surface area contributed by atoms with Crippen molar-refractivity contribution in [3.63, 3.8) is 0 Å². The molecule has 0 atom stereocenters. The van der Waals surface area contributed by atoms with Gasteiger partial charge in [-0.1, -0.05) is 48.0 Å². The van der Waals surface area contributed by atoms with Gasteiger partial charge >= 0.3 is 0 Å². The van der Waals surface area contributed by atoms with Crippen LogP contribution in [0.25, 0.3) is 10.8 Å². The number of ether oxygens (including phenoxy) is 1. The smallest absolute Gasteiger partial charge is 0.273 e. The Labute approximate surface area is 218 Å². The average molecular weight is 540 g/mol. The van der Waals surface area contributed by atoms with E-state index in [2.05, 4.69) is 5.32 Å². The van der Waals surface area contributed by atoms with Crippen LogP contribution in [0.2, 0.25) is 5.02 Å². The summed E-state index contributed by atoms with van der Waals surface area (Å²) in [4.78, 5) is 23.6. The summed E-state index contributed by atoms with van der Waals surface area (Å²) < 4.78 is 33.7. The molecule has 1 N–H and O–H groups in total. The molecule has 4 aromatic carbocycles. The van der Waals surface area contributed by atoms with Crippen LogP contribution in [-0.2, 0) is 14.8 Å². The molecule has 4 aromatic rings. The molecule has 11 heteroatoms. The second kappa shape index (κ2) is 10.5. The summed E-state index contributed by atoms with van der Waals surface area (Å²) in [5.74, 6) is -0.490. The zero-order chi connectivity index (χ0) is 26.7. The minimum absolute atomic E-state index is 0.00638. The number of nitro groups is 1. The summed E-state index contributed by atoms with van der Waals surface area (Å²) in [5, 5.41) is 16.3. The van der Waals surface area contributed by atoms with Gasteiger partial charge in [0.25, 0.3) is 15.7 Å². The number of hydrogen-bond acceptors (Lipinski definition) is 6. The summed E-state index contributed by atoms with van der Waals surface area (Å²) in [6.45, 7) is 0.858. The van der Waals surface area contributed by atoms with Crippen LogP contribution >= 0.6 is 11.6 Å². The fraction of sp³-hybridized carbons (Fsp3) is 0.115. The number of benzene rings is 4. The van der Waals surface area contributed by atoms with E-state index in [-0.39, 0.29) is 27.0 Å².